The molecule has 0 bridgehead atoms. The fraction of sp³-hybridized carbons (Fsp3) is 0.222. The Morgan fingerprint density at radius 3 is 2.16 bits per heavy atom. The lowest BCUT2D eigenvalue weighted by Gasteiger charge is -2.15. The zero-order valence-electron chi connectivity index (χ0n) is 16.9. The monoisotopic (exact) mass is 470 g/mol. The molecule has 13 heteroatoms. The number of amides is 3. The Balaban J connectivity index is 2.29. The van der Waals surface area contributed by atoms with E-state index in [-0.39, 0.29) is 27.6 Å². The number of nitrogens with one attached hydrogen (secondary N) is 2. The number of primary amides is 1. The molecule has 4 N–H and O–H groups in total. The predicted octanol–water partition coefficient (Wildman–Crippen LogP) is 0.233. The fourth-order valence-corrected chi connectivity index (χ4v) is 4.48. The normalized spacial score (nSPS) is 11.7. The minimum absolute atomic E-state index is 0.00765. The lowest BCUT2D eigenvalue weighted by atomic mass is 10.2. The van der Waals surface area contributed by atoms with Crippen molar-refractivity contribution in [1.82, 2.24) is 14.3 Å². The topological polar surface area (TPSA) is 165 Å². The molecule has 0 radical (unpaired) electrons. The summed E-state index contributed by atoms with van der Waals surface area (Å²) >= 11 is 0. The molecule has 0 fully saturated rings. The molecule has 3 amide bonds. The van der Waals surface area contributed by atoms with E-state index in [1.54, 1.807) is 0 Å². The highest BCUT2D eigenvalue weighted by Crippen LogP contribution is 2.27. The SMILES string of the molecule is COc1ccc(C(=O)NS(=O)(=O)c2ccc(CNC(N)=O)cc2)cc1S(=O)(=O)N(C)C. The van der Waals surface area contributed by atoms with Crippen LogP contribution in [0.25, 0.3) is 0 Å². The summed E-state index contributed by atoms with van der Waals surface area (Å²) in [6.45, 7) is 0.108. The second kappa shape index (κ2) is 9.32. The third kappa shape index (κ3) is 5.71. The van der Waals surface area contributed by atoms with Crippen LogP contribution in [0, 0.1) is 0 Å². The van der Waals surface area contributed by atoms with Crippen LogP contribution in [0.1, 0.15) is 15.9 Å². The fourth-order valence-electron chi connectivity index (χ4n) is 2.43. The van der Waals surface area contributed by atoms with Crippen LogP contribution in [-0.2, 0) is 26.6 Å². The molecular weight excluding hydrogens is 448 g/mol. The van der Waals surface area contributed by atoms with Gasteiger partial charge in [0.25, 0.3) is 15.9 Å². The number of ether oxygens (including phenoxy) is 1. The summed E-state index contributed by atoms with van der Waals surface area (Å²) in [6, 6.07) is 8.23. The third-order valence-electron chi connectivity index (χ3n) is 4.11. The second-order valence-electron chi connectivity index (χ2n) is 6.45. The zero-order valence-corrected chi connectivity index (χ0v) is 18.6. The number of sulfonamides is 2. The van der Waals surface area contributed by atoms with Gasteiger partial charge in [0.2, 0.25) is 10.0 Å². The van der Waals surface area contributed by atoms with E-state index in [1.807, 2.05) is 4.72 Å². The number of hydrogen-bond acceptors (Lipinski definition) is 7. The lowest BCUT2D eigenvalue weighted by Crippen LogP contribution is -2.31. The van der Waals surface area contributed by atoms with Crippen molar-refractivity contribution in [2.45, 2.75) is 16.3 Å². The first kappa shape index (κ1) is 24.1. The van der Waals surface area contributed by atoms with Gasteiger partial charge < -0.3 is 15.8 Å². The van der Waals surface area contributed by atoms with Gasteiger partial charge in [-0.05, 0) is 35.9 Å². The van der Waals surface area contributed by atoms with Crippen molar-refractivity contribution in [1.29, 1.82) is 0 Å². The van der Waals surface area contributed by atoms with Crippen LogP contribution in [0.4, 0.5) is 4.79 Å². The van der Waals surface area contributed by atoms with Crippen molar-refractivity contribution in [3.63, 3.8) is 0 Å². The maximum absolute atomic E-state index is 12.5. The van der Waals surface area contributed by atoms with E-state index in [0.717, 1.165) is 10.4 Å². The van der Waals surface area contributed by atoms with Crippen molar-refractivity contribution in [2.24, 2.45) is 5.73 Å². The maximum atomic E-state index is 12.5. The highest BCUT2D eigenvalue weighted by atomic mass is 32.2. The highest BCUT2D eigenvalue weighted by molar-refractivity contribution is 7.90. The van der Waals surface area contributed by atoms with E-state index in [2.05, 4.69) is 5.32 Å². The van der Waals surface area contributed by atoms with E-state index in [0.29, 0.717) is 5.56 Å². The molecule has 2 rings (SSSR count). The Hall–Kier alpha value is -3.16. The standard InChI is InChI=1S/C18H22N4O7S2/c1-22(2)31(27,28)16-10-13(6-9-15(16)29-3)17(23)21-30(25,26)14-7-4-12(5-8-14)11-20-18(19)24/h4-10H,11H2,1-3H3,(H,21,23)(H3,19,20,24). The van der Waals surface area contributed by atoms with Crippen molar-refractivity contribution < 1.29 is 31.2 Å². The third-order valence-corrected chi connectivity index (χ3v) is 7.30. The van der Waals surface area contributed by atoms with Gasteiger partial charge in [0.15, 0.2) is 0 Å². The van der Waals surface area contributed by atoms with E-state index in [4.69, 9.17) is 10.5 Å². The Kier molecular flexibility index (Phi) is 7.25. The molecule has 0 aliphatic rings. The number of methoxy groups -OCH3 is 1. The average molecular weight is 471 g/mol. The minimum Gasteiger partial charge on any atom is -0.495 e. The summed E-state index contributed by atoms with van der Waals surface area (Å²) in [6.07, 6.45) is 0. The van der Waals surface area contributed by atoms with Gasteiger partial charge in [0.05, 0.1) is 12.0 Å². The van der Waals surface area contributed by atoms with Crippen LogP contribution in [0.5, 0.6) is 5.75 Å². The molecule has 0 unspecified atom stereocenters. The number of nitrogens with zero attached hydrogens (tertiary/aromatic N) is 1. The van der Waals surface area contributed by atoms with Gasteiger partial charge in [-0.3, -0.25) is 4.79 Å². The zero-order chi connectivity index (χ0) is 23.4. The van der Waals surface area contributed by atoms with Gasteiger partial charge in [0, 0.05) is 26.2 Å². The molecule has 0 aromatic heterocycles. The van der Waals surface area contributed by atoms with Crippen LogP contribution in [-0.4, -0.2) is 54.3 Å². The number of rotatable bonds is 8. The predicted molar refractivity (Wildman–Crippen MR) is 111 cm³/mol. The van der Waals surface area contributed by atoms with Crippen molar-refractivity contribution >= 4 is 32.0 Å². The number of benzene rings is 2. The van der Waals surface area contributed by atoms with E-state index >= 15 is 0 Å². The van der Waals surface area contributed by atoms with Crippen molar-refractivity contribution in [3.8, 4) is 5.75 Å². The largest absolute Gasteiger partial charge is 0.495 e. The Labute approximate surface area is 180 Å². The van der Waals surface area contributed by atoms with Gasteiger partial charge in [-0.15, -0.1) is 0 Å². The Morgan fingerprint density at radius 2 is 1.65 bits per heavy atom. The maximum Gasteiger partial charge on any atom is 0.312 e. The van der Waals surface area contributed by atoms with Gasteiger partial charge >= 0.3 is 6.03 Å². The van der Waals surface area contributed by atoms with Gasteiger partial charge in [-0.2, -0.15) is 0 Å². The van der Waals surface area contributed by atoms with Crippen LogP contribution in [0.3, 0.4) is 0 Å². The van der Waals surface area contributed by atoms with E-state index < -0.39 is 32.0 Å². The summed E-state index contributed by atoms with van der Waals surface area (Å²) < 4.78 is 57.9. The molecule has 0 spiro atoms. The molecule has 0 saturated heterocycles. The van der Waals surface area contributed by atoms with E-state index in [9.17, 15) is 26.4 Å². The van der Waals surface area contributed by atoms with Crippen molar-refractivity contribution in [2.75, 3.05) is 21.2 Å². The van der Waals surface area contributed by atoms with Crippen LogP contribution in [0.2, 0.25) is 0 Å². The molecule has 0 aliphatic carbocycles. The Morgan fingerprint density at radius 1 is 1.03 bits per heavy atom. The number of carbonyl (C=O) groups is 2. The summed E-state index contributed by atoms with van der Waals surface area (Å²) in [5.74, 6) is -1.01. The number of urea groups is 1. The van der Waals surface area contributed by atoms with Gasteiger partial charge in [0.1, 0.15) is 10.6 Å². The van der Waals surface area contributed by atoms with E-state index in [1.165, 1.54) is 57.6 Å². The molecule has 31 heavy (non-hydrogen) atoms. The summed E-state index contributed by atoms with van der Waals surface area (Å²) in [7, 11) is -4.28. The van der Waals surface area contributed by atoms with Gasteiger partial charge in [-0.25, -0.2) is 30.7 Å². The molecule has 0 atom stereocenters. The first-order valence-corrected chi connectivity index (χ1v) is 11.6. The van der Waals surface area contributed by atoms with Crippen LogP contribution in [0.15, 0.2) is 52.3 Å². The molecule has 0 saturated carbocycles. The average Bonchev–Trinajstić information content (AvgIpc) is 2.71. The molecule has 2 aromatic rings. The molecule has 0 heterocycles. The summed E-state index contributed by atoms with van der Waals surface area (Å²) in [4.78, 5) is 22.8. The number of hydrogen-bond donors (Lipinski definition) is 3. The van der Waals surface area contributed by atoms with Gasteiger partial charge in [-0.1, -0.05) is 12.1 Å². The molecule has 2 aromatic carbocycles. The Bertz CT molecular complexity index is 1190. The molecule has 11 nitrogen and oxygen atoms in total. The number of carbonyl (C=O) groups excluding carboxylic acids is 2. The first-order valence-electron chi connectivity index (χ1n) is 8.68. The minimum atomic E-state index is -4.24. The molecule has 0 aliphatic heterocycles. The molecular formula is C18H22N4O7S2. The van der Waals surface area contributed by atoms with Crippen LogP contribution < -0.4 is 20.5 Å². The lowest BCUT2D eigenvalue weighted by molar-refractivity contribution is 0.0981. The summed E-state index contributed by atoms with van der Waals surface area (Å²) in [5.41, 5.74) is 5.39. The quantitative estimate of drug-likeness (QED) is 0.497. The number of nitrogens with two attached hydrogens (primary N) is 1. The summed E-state index contributed by atoms with van der Waals surface area (Å²) in [5, 5.41) is 2.37. The first-order chi connectivity index (χ1) is 14.4. The highest BCUT2D eigenvalue weighted by Gasteiger charge is 2.25. The van der Waals surface area contributed by atoms with Crippen LogP contribution >= 0.6 is 0 Å². The van der Waals surface area contributed by atoms with Crippen molar-refractivity contribution in [3.05, 3.63) is 53.6 Å². The smallest absolute Gasteiger partial charge is 0.312 e. The molecule has 168 valence electrons. The second-order valence-corrected chi connectivity index (χ2v) is 10.3.